The number of hydrogen-bond donors (Lipinski definition) is 1. The van der Waals surface area contributed by atoms with Crippen LogP contribution < -0.4 is 5.32 Å². The zero-order chi connectivity index (χ0) is 14.3. The molecule has 0 aliphatic rings. The van der Waals surface area contributed by atoms with E-state index < -0.39 is 0 Å². The standard InChI is InChI=1S/C12H8Cl2N4OS/c1-6-17-18-5-9(16-12(18)20-6)11(19)15-8-4-2-3-7(13)10(8)14/h2-5H,1H3,(H,15,19). The lowest BCUT2D eigenvalue weighted by Crippen LogP contribution is -2.12. The van der Waals surface area contributed by atoms with Crippen molar-refractivity contribution in [3.8, 4) is 0 Å². The van der Waals surface area contributed by atoms with Gasteiger partial charge in [-0.05, 0) is 19.1 Å². The van der Waals surface area contributed by atoms with Crippen LogP contribution in [0.2, 0.25) is 10.0 Å². The first-order chi connectivity index (χ1) is 9.54. The summed E-state index contributed by atoms with van der Waals surface area (Å²) in [4.78, 5) is 17.0. The van der Waals surface area contributed by atoms with Gasteiger partial charge in [-0.15, -0.1) is 0 Å². The Bertz CT molecular complexity index is 780. The molecule has 3 aromatic rings. The first-order valence-corrected chi connectivity index (χ1v) is 7.20. The quantitative estimate of drug-likeness (QED) is 0.781. The van der Waals surface area contributed by atoms with Crippen molar-refractivity contribution in [3.63, 3.8) is 0 Å². The Hall–Kier alpha value is -1.63. The summed E-state index contributed by atoms with van der Waals surface area (Å²) in [6, 6.07) is 5.03. The summed E-state index contributed by atoms with van der Waals surface area (Å²) in [7, 11) is 0. The molecule has 0 fully saturated rings. The molecule has 0 bridgehead atoms. The van der Waals surface area contributed by atoms with E-state index in [1.54, 1.807) is 28.9 Å². The van der Waals surface area contributed by atoms with Crippen LogP contribution in [0.3, 0.4) is 0 Å². The van der Waals surface area contributed by atoms with Gasteiger partial charge in [0.2, 0.25) is 4.96 Å². The Balaban J connectivity index is 1.88. The van der Waals surface area contributed by atoms with Crippen LogP contribution in [0.4, 0.5) is 5.69 Å². The van der Waals surface area contributed by atoms with Crippen molar-refractivity contribution in [3.05, 3.63) is 45.1 Å². The van der Waals surface area contributed by atoms with Crippen LogP contribution in [-0.2, 0) is 0 Å². The van der Waals surface area contributed by atoms with E-state index in [0.29, 0.717) is 20.7 Å². The van der Waals surface area contributed by atoms with Gasteiger partial charge in [-0.2, -0.15) is 5.10 Å². The molecule has 0 atom stereocenters. The van der Waals surface area contributed by atoms with Crippen molar-refractivity contribution < 1.29 is 4.79 Å². The summed E-state index contributed by atoms with van der Waals surface area (Å²) in [6.45, 7) is 1.88. The van der Waals surface area contributed by atoms with E-state index in [-0.39, 0.29) is 11.6 Å². The van der Waals surface area contributed by atoms with E-state index in [9.17, 15) is 4.79 Å². The molecular formula is C12H8Cl2N4OS. The molecule has 5 nitrogen and oxygen atoms in total. The van der Waals surface area contributed by atoms with Crippen LogP contribution in [-0.4, -0.2) is 20.5 Å². The largest absolute Gasteiger partial charge is 0.319 e. The Morgan fingerprint density at radius 3 is 2.95 bits per heavy atom. The minimum absolute atomic E-state index is 0.278. The van der Waals surface area contributed by atoms with Crippen LogP contribution in [0.1, 0.15) is 15.5 Å². The lowest BCUT2D eigenvalue weighted by atomic mass is 10.3. The smallest absolute Gasteiger partial charge is 0.276 e. The topological polar surface area (TPSA) is 59.3 Å². The number of benzene rings is 1. The maximum Gasteiger partial charge on any atom is 0.276 e. The number of hydrogen-bond acceptors (Lipinski definition) is 4. The van der Waals surface area contributed by atoms with Crippen molar-refractivity contribution in [2.24, 2.45) is 0 Å². The Kier molecular flexibility index (Phi) is 3.37. The molecule has 0 radical (unpaired) electrons. The van der Waals surface area contributed by atoms with Crippen molar-refractivity contribution in [2.75, 3.05) is 5.32 Å². The predicted octanol–water partition coefficient (Wildman–Crippen LogP) is 3.66. The lowest BCUT2D eigenvalue weighted by Gasteiger charge is -2.06. The monoisotopic (exact) mass is 326 g/mol. The first kappa shape index (κ1) is 13.4. The Morgan fingerprint density at radius 1 is 1.40 bits per heavy atom. The number of halogens is 2. The van der Waals surface area contributed by atoms with Gasteiger partial charge in [-0.3, -0.25) is 4.79 Å². The molecule has 20 heavy (non-hydrogen) atoms. The molecule has 0 spiro atoms. The fraction of sp³-hybridized carbons (Fsp3) is 0.0833. The summed E-state index contributed by atoms with van der Waals surface area (Å²) in [6.07, 6.45) is 1.58. The van der Waals surface area contributed by atoms with E-state index in [1.165, 1.54) is 11.3 Å². The number of rotatable bonds is 2. The highest BCUT2D eigenvalue weighted by Gasteiger charge is 2.15. The second-order valence-electron chi connectivity index (χ2n) is 4.03. The van der Waals surface area contributed by atoms with Crippen molar-refractivity contribution in [2.45, 2.75) is 6.92 Å². The summed E-state index contributed by atoms with van der Waals surface area (Å²) in [5.41, 5.74) is 0.726. The van der Waals surface area contributed by atoms with Gasteiger partial charge in [0.05, 0.1) is 21.9 Å². The molecule has 0 aliphatic heterocycles. The zero-order valence-electron chi connectivity index (χ0n) is 10.2. The molecule has 8 heteroatoms. The van der Waals surface area contributed by atoms with Gasteiger partial charge in [0.1, 0.15) is 10.7 Å². The van der Waals surface area contributed by atoms with Crippen molar-refractivity contribution >= 4 is 51.1 Å². The van der Waals surface area contributed by atoms with Gasteiger partial charge in [0, 0.05) is 0 Å². The second-order valence-corrected chi connectivity index (χ2v) is 5.98. The third-order valence-electron chi connectivity index (χ3n) is 2.58. The highest BCUT2D eigenvalue weighted by Crippen LogP contribution is 2.29. The Labute approximate surface area is 128 Å². The normalized spacial score (nSPS) is 10.9. The summed E-state index contributed by atoms with van der Waals surface area (Å²) >= 11 is 13.3. The molecule has 0 unspecified atom stereocenters. The zero-order valence-corrected chi connectivity index (χ0v) is 12.6. The summed E-state index contributed by atoms with van der Waals surface area (Å²) in [5, 5.41) is 8.45. The number of anilines is 1. The molecule has 3 rings (SSSR count). The predicted molar refractivity (Wildman–Crippen MR) is 80.0 cm³/mol. The highest BCUT2D eigenvalue weighted by atomic mass is 35.5. The van der Waals surface area contributed by atoms with Crippen LogP contribution >= 0.6 is 34.5 Å². The maximum absolute atomic E-state index is 12.1. The molecule has 0 saturated carbocycles. The minimum Gasteiger partial charge on any atom is -0.319 e. The highest BCUT2D eigenvalue weighted by molar-refractivity contribution is 7.16. The van der Waals surface area contributed by atoms with Gasteiger partial charge in [0.15, 0.2) is 0 Å². The number of nitrogens with zero attached hydrogens (tertiary/aromatic N) is 3. The van der Waals surface area contributed by atoms with E-state index in [0.717, 1.165) is 5.01 Å². The van der Waals surface area contributed by atoms with E-state index in [1.807, 2.05) is 6.92 Å². The second kappa shape index (κ2) is 5.05. The Morgan fingerprint density at radius 2 is 2.20 bits per heavy atom. The number of amides is 1. The maximum atomic E-state index is 12.1. The van der Waals surface area contributed by atoms with Gasteiger partial charge in [-0.25, -0.2) is 9.50 Å². The van der Waals surface area contributed by atoms with E-state index in [4.69, 9.17) is 23.2 Å². The van der Waals surface area contributed by atoms with Gasteiger partial charge < -0.3 is 5.32 Å². The minimum atomic E-state index is -0.357. The molecule has 0 aliphatic carbocycles. The van der Waals surface area contributed by atoms with Crippen LogP contribution in [0.15, 0.2) is 24.4 Å². The van der Waals surface area contributed by atoms with E-state index >= 15 is 0 Å². The van der Waals surface area contributed by atoms with Crippen molar-refractivity contribution in [1.82, 2.24) is 14.6 Å². The number of carbonyl (C=O) groups excluding carboxylic acids is 1. The fourth-order valence-corrected chi connectivity index (χ4v) is 2.77. The average molecular weight is 327 g/mol. The first-order valence-electron chi connectivity index (χ1n) is 5.63. The molecule has 1 N–H and O–H groups in total. The number of aromatic nitrogens is 3. The van der Waals surface area contributed by atoms with Gasteiger partial charge in [0.25, 0.3) is 5.91 Å². The number of nitrogens with one attached hydrogen (secondary N) is 1. The van der Waals surface area contributed by atoms with E-state index in [2.05, 4.69) is 15.4 Å². The number of imidazole rings is 1. The number of carbonyl (C=O) groups is 1. The SMILES string of the molecule is Cc1nn2cc(C(=O)Nc3cccc(Cl)c3Cl)nc2s1. The van der Waals surface area contributed by atoms with Crippen LogP contribution in [0.25, 0.3) is 4.96 Å². The summed E-state index contributed by atoms with van der Waals surface area (Å²) in [5.74, 6) is -0.357. The van der Waals surface area contributed by atoms with Gasteiger partial charge >= 0.3 is 0 Å². The van der Waals surface area contributed by atoms with Crippen molar-refractivity contribution in [1.29, 1.82) is 0 Å². The molecule has 2 heterocycles. The number of fused-ring (bicyclic) bond motifs is 1. The summed E-state index contributed by atoms with van der Waals surface area (Å²) < 4.78 is 1.58. The molecular weight excluding hydrogens is 319 g/mol. The average Bonchev–Trinajstić information content (AvgIpc) is 2.92. The fourth-order valence-electron chi connectivity index (χ4n) is 1.70. The third kappa shape index (κ3) is 2.37. The van der Waals surface area contributed by atoms with Crippen LogP contribution in [0.5, 0.6) is 0 Å². The number of aryl methyl sites for hydroxylation is 1. The third-order valence-corrected chi connectivity index (χ3v) is 4.23. The molecule has 1 aromatic carbocycles. The molecule has 1 amide bonds. The van der Waals surface area contributed by atoms with Gasteiger partial charge in [-0.1, -0.05) is 40.6 Å². The molecule has 2 aromatic heterocycles. The molecule has 0 saturated heterocycles. The molecule has 102 valence electrons. The van der Waals surface area contributed by atoms with Crippen LogP contribution in [0, 0.1) is 6.92 Å². The lowest BCUT2D eigenvalue weighted by molar-refractivity contribution is 0.102.